The average Bonchev–Trinajstić information content (AvgIpc) is 2.15. The monoisotopic (exact) mass is 259 g/mol. The van der Waals surface area contributed by atoms with Crippen molar-refractivity contribution in [1.29, 1.82) is 0 Å². The Kier molecular flexibility index (Phi) is 3.50. The van der Waals surface area contributed by atoms with Crippen LogP contribution in [0.25, 0.3) is 0 Å². The van der Waals surface area contributed by atoms with E-state index in [-0.39, 0.29) is 5.75 Å². The lowest BCUT2D eigenvalue weighted by Crippen LogP contribution is -2.26. The Hall–Kier alpha value is -1.26. The highest BCUT2D eigenvalue weighted by molar-refractivity contribution is 5.23. The Morgan fingerprint density at radius 2 is 1.94 bits per heavy atom. The van der Waals surface area contributed by atoms with Crippen molar-refractivity contribution < 1.29 is 17.9 Å². The van der Waals surface area contributed by atoms with E-state index in [1.54, 1.807) is 6.07 Å². The minimum Gasteiger partial charge on any atom is -0.404 e. The molecule has 0 bridgehead atoms. The van der Waals surface area contributed by atoms with E-state index in [1.807, 2.05) is 0 Å². The van der Waals surface area contributed by atoms with Gasteiger partial charge in [0.1, 0.15) is 5.75 Å². The molecule has 0 amide bonds. The Balaban J connectivity index is 1.93. The van der Waals surface area contributed by atoms with Crippen LogP contribution in [-0.2, 0) is 0 Å². The summed E-state index contributed by atoms with van der Waals surface area (Å²) in [5.41, 5.74) is 0.862. The molecule has 1 aromatic rings. The third-order valence-corrected chi connectivity index (χ3v) is 3.53. The molecule has 0 radical (unpaired) electrons. The lowest BCUT2D eigenvalue weighted by molar-refractivity contribution is -0.274. The largest absolute Gasteiger partial charge is 0.573 e. The summed E-state index contributed by atoms with van der Waals surface area (Å²) < 4.78 is 39.7. The number of nitrogens with zero attached hydrogens (tertiary/aromatic N) is 1. The van der Waals surface area contributed by atoms with Gasteiger partial charge >= 0.3 is 6.36 Å². The zero-order chi connectivity index (χ0) is 13.3. The smallest absolute Gasteiger partial charge is 0.404 e. The molecular formula is C13H16F3NO. The van der Waals surface area contributed by atoms with Crippen molar-refractivity contribution in [3.63, 3.8) is 0 Å². The van der Waals surface area contributed by atoms with Gasteiger partial charge in [-0.2, -0.15) is 0 Å². The molecule has 0 aliphatic heterocycles. The first kappa shape index (κ1) is 13.2. The molecule has 1 fully saturated rings. The number of aromatic nitrogens is 1. The maximum absolute atomic E-state index is 12.0. The average molecular weight is 259 g/mol. The van der Waals surface area contributed by atoms with Crippen LogP contribution in [0.5, 0.6) is 5.75 Å². The molecule has 1 aliphatic carbocycles. The van der Waals surface area contributed by atoms with Crippen LogP contribution in [0.1, 0.15) is 38.3 Å². The standard InChI is InChI=1S/C13H16F3NO/c1-8(2)9-5-10(6-9)12-4-3-11(7-17-12)18-13(14,15)16/h3-4,7-10H,5-6H2,1-2H3. The Labute approximate surface area is 104 Å². The molecule has 0 saturated heterocycles. The lowest BCUT2D eigenvalue weighted by atomic mass is 9.68. The summed E-state index contributed by atoms with van der Waals surface area (Å²) in [6.07, 6.45) is -1.36. The number of hydrogen-bond donors (Lipinski definition) is 0. The van der Waals surface area contributed by atoms with Gasteiger partial charge in [-0.15, -0.1) is 13.2 Å². The molecule has 2 rings (SSSR count). The molecular weight excluding hydrogens is 243 g/mol. The molecule has 1 saturated carbocycles. The summed E-state index contributed by atoms with van der Waals surface area (Å²) in [6.45, 7) is 4.38. The van der Waals surface area contributed by atoms with E-state index in [9.17, 15) is 13.2 Å². The van der Waals surface area contributed by atoms with Crippen LogP contribution >= 0.6 is 0 Å². The molecule has 100 valence electrons. The van der Waals surface area contributed by atoms with E-state index in [1.165, 1.54) is 6.07 Å². The molecule has 0 atom stereocenters. The van der Waals surface area contributed by atoms with Crippen LogP contribution in [0.3, 0.4) is 0 Å². The lowest BCUT2D eigenvalue weighted by Gasteiger charge is -2.37. The fourth-order valence-corrected chi connectivity index (χ4v) is 2.27. The van der Waals surface area contributed by atoms with Gasteiger partial charge in [-0.05, 0) is 36.8 Å². The van der Waals surface area contributed by atoms with Crippen LogP contribution in [0.15, 0.2) is 18.3 Å². The van der Waals surface area contributed by atoms with Gasteiger partial charge in [0.05, 0.1) is 6.20 Å². The van der Waals surface area contributed by atoms with Gasteiger partial charge in [0.2, 0.25) is 0 Å². The first-order chi connectivity index (χ1) is 8.35. The molecule has 1 aliphatic rings. The third-order valence-electron chi connectivity index (χ3n) is 3.53. The van der Waals surface area contributed by atoms with Crippen LogP contribution in [0, 0.1) is 11.8 Å². The fraction of sp³-hybridized carbons (Fsp3) is 0.615. The predicted molar refractivity (Wildman–Crippen MR) is 61.2 cm³/mol. The Bertz CT molecular complexity index is 394. The molecule has 0 unspecified atom stereocenters. The zero-order valence-corrected chi connectivity index (χ0v) is 10.4. The van der Waals surface area contributed by atoms with Crippen molar-refractivity contribution in [2.24, 2.45) is 11.8 Å². The van der Waals surface area contributed by atoms with Crippen LogP contribution in [-0.4, -0.2) is 11.3 Å². The van der Waals surface area contributed by atoms with Crippen molar-refractivity contribution in [2.45, 2.75) is 39.0 Å². The molecule has 2 nitrogen and oxygen atoms in total. The molecule has 0 N–H and O–H groups in total. The van der Waals surface area contributed by atoms with E-state index in [0.29, 0.717) is 17.8 Å². The van der Waals surface area contributed by atoms with Crippen molar-refractivity contribution in [2.75, 3.05) is 0 Å². The van der Waals surface area contributed by atoms with Gasteiger partial charge in [0.15, 0.2) is 0 Å². The molecule has 1 aromatic heterocycles. The summed E-state index contributed by atoms with van der Waals surface area (Å²) >= 11 is 0. The van der Waals surface area contributed by atoms with E-state index in [4.69, 9.17) is 0 Å². The second-order valence-electron chi connectivity index (χ2n) is 5.14. The van der Waals surface area contributed by atoms with Gasteiger partial charge in [-0.1, -0.05) is 13.8 Å². The van der Waals surface area contributed by atoms with E-state index >= 15 is 0 Å². The summed E-state index contributed by atoms with van der Waals surface area (Å²) in [4.78, 5) is 4.05. The maximum atomic E-state index is 12.0. The van der Waals surface area contributed by atoms with Gasteiger partial charge in [0, 0.05) is 11.6 Å². The van der Waals surface area contributed by atoms with Crippen molar-refractivity contribution >= 4 is 0 Å². The molecule has 0 aromatic carbocycles. The predicted octanol–water partition coefficient (Wildman–Crippen LogP) is 4.13. The topological polar surface area (TPSA) is 22.1 Å². The van der Waals surface area contributed by atoms with Gasteiger partial charge < -0.3 is 4.74 Å². The highest BCUT2D eigenvalue weighted by Gasteiger charge is 2.34. The summed E-state index contributed by atoms with van der Waals surface area (Å²) in [7, 11) is 0. The number of rotatable bonds is 3. The number of ether oxygens (including phenoxy) is 1. The van der Waals surface area contributed by atoms with Gasteiger partial charge in [-0.3, -0.25) is 4.98 Å². The first-order valence-electron chi connectivity index (χ1n) is 6.07. The highest BCUT2D eigenvalue weighted by Crippen LogP contribution is 2.44. The molecule has 18 heavy (non-hydrogen) atoms. The van der Waals surface area contributed by atoms with Gasteiger partial charge in [-0.25, -0.2) is 0 Å². The fourth-order valence-electron chi connectivity index (χ4n) is 2.27. The maximum Gasteiger partial charge on any atom is 0.573 e. The van der Waals surface area contributed by atoms with Crippen LogP contribution < -0.4 is 4.74 Å². The van der Waals surface area contributed by atoms with Gasteiger partial charge in [0.25, 0.3) is 0 Å². The Morgan fingerprint density at radius 1 is 1.28 bits per heavy atom. The number of pyridine rings is 1. The minimum atomic E-state index is -4.65. The second-order valence-corrected chi connectivity index (χ2v) is 5.14. The summed E-state index contributed by atoms with van der Waals surface area (Å²) in [5.74, 6) is 1.50. The second kappa shape index (κ2) is 4.78. The van der Waals surface area contributed by atoms with Crippen LogP contribution in [0.4, 0.5) is 13.2 Å². The molecule has 5 heteroatoms. The number of hydrogen-bond acceptors (Lipinski definition) is 2. The molecule has 1 heterocycles. The SMILES string of the molecule is CC(C)C1CC(c2ccc(OC(F)(F)F)cn2)C1. The number of halogens is 3. The highest BCUT2D eigenvalue weighted by atomic mass is 19.4. The van der Waals surface area contributed by atoms with Crippen molar-refractivity contribution in [3.05, 3.63) is 24.0 Å². The summed E-state index contributed by atoms with van der Waals surface area (Å²) in [6, 6.07) is 2.96. The van der Waals surface area contributed by atoms with Crippen molar-refractivity contribution in [3.8, 4) is 5.75 Å². The van der Waals surface area contributed by atoms with Crippen LogP contribution in [0.2, 0.25) is 0 Å². The normalized spacial score (nSPS) is 23.9. The summed E-state index contributed by atoms with van der Waals surface area (Å²) in [5, 5.41) is 0. The first-order valence-corrected chi connectivity index (χ1v) is 6.07. The van der Waals surface area contributed by atoms with E-state index in [2.05, 4.69) is 23.6 Å². The third kappa shape index (κ3) is 3.15. The molecule has 0 spiro atoms. The quantitative estimate of drug-likeness (QED) is 0.814. The zero-order valence-electron chi connectivity index (χ0n) is 10.4. The van der Waals surface area contributed by atoms with E-state index in [0.717, 1.165) is 24.7 Å². The minimum absolute atomic E-state index is 0.258. The Morgan fingerprint density at radius 3 is 2.39 bits per heavy atom. The van der Waals surface area contributed by atoms with Crippen molar-refractivity contribution in [1.82, 2.24) is 4.98 Å². The van der Waals surface area contributed by atoms with E-state index < -0.39 is 6.36 Å². The number of alkyl halides is 3.